The average molecular weight is 400 g/mol. The van der Waals surface area contributed by atoms with Gasteiger partial charge in [0, 0.05) is 0 Å². The molecule has 2 atom stereocenters. The zero-order valence-electron chi connectivity index (χ0n) is 16.2. The summed E-state index contributed by atoms with van der Waals surface area (Å²) in [5.74, 6) is 1.15. The lowest BCUT2D eigenvalue weighted by atomic mass is 10.1. The van der Waals surface area contributed by atoms with E-state index in [0.29, 0.717) is 17.0 Å². The number of benzene rings is 2. The van der Waals surface area contributed by atoms with Gasteiger partial charge in [-0.2, -0.15) is 4.98 Å². The van der Waals surface area contributed by atoms with Gasteiger partial charge in [-0.1, -0.05) is 30.3 Å². The van der Waals surface area contributed by atoms with Crippen LogP contribution < -0.4 is 4.74 Å². The number of fused-ring (bicyclic) bond motifs is 4. The highest BCUT2D eigenvalue weighted by Crippen LogP contribution is 2.39. The summed E-state index contributed by atoms with van der Waals surface area (Å²) in [4.78, 5) is 13.2. The summed E-state index contributed by atoms with van der Waals surface area (Å²) >= 11 is 0. The molecule has 2 aromatic carbocycles. The van der Waals surface area contributed by atoms with Crippen molar-refractivity contribution in [1.82, 2.24) is 19.5 Å². The Bertz CT molecular complexity index is 1250. The first-order valence-electron chi connectivity index (χ1n) is 10.1. The van der Waals surface area contributed by atoms with E-state index in [1.807, 2.05) is 10.6 Å². The Labute approximate surface area is 173 Å². The minimum Gasteiger partial charge on any atom is -0.437 e. The number of rotatable bonds is 4. The molecule has 0 radical (unpaired) electrons. The Kier molecular flexibility index (Phi) is 4.04. The van der Waals surface area contributed by atoms with E-state index in [2.05, 4.69) is 51.4 Å². The van der Waals surface area contributed by atoms with E-state index in [1.54, 1.807) is 6.33 Å². The smallest absolute Gasteiger partial charge is 0.250 e. The highest BCUT2D eigenvalue weighted by atomic mass is 16.5. The van der Waals surface area contributed by atoms with Gasteiger partial charge in [0.1, 0.15) is 18.3 Å². The molecule has 1 N–H and O–H groups in total. The Balaban J connectivity index is 1.31. The van der Waals surface area contributed by atoms with Crippen molar-refractivity contribution in [1.29, 1.82) is 0 Å². The van der Waals surface area contributed by atoms with Crippen molar-refractivity contribution in [2.75, 3.05) is 6.61 Å². The fourth-order valence-electron chi connectivity index (χ4n) is 4.44. The molecule has 150 valence electrons. The van der Waals surface area contributed by atoms with Crippen LogP contribution in [0.4, 0.5) is 0 Å². The topological polar surface area (TPSA) is 82.3 Å². The first-order chi connectivity index (χ1) is 14.8. The van der Waals surface area contributed by atoms with E-state index in [0.717, 1.165) is 25.0 Å². The summed E-state index contributed by atoms with van der Waals surface area (Å²) in [5, 5.41) is 9.33. The molecule has 0 unspecified atom stereocenters. The van der Waals surface area contributed by atoms with Crippen LogP contribution in [0.5, 0.6) is 11.6 Å². The van der Waals surface area contributed by atoms with E-state index in [-0.39, 0.29) is 18.9 Å². The summed E-state index contributed by atoms with van der Waals surface area (Å²) in [6.45, 7) is 0.0225. The van der Waals surface area contributed by atoms with Crippen molar-refractivity contribution in [2.45, 2.75) is 31.6 Å². The molecule has 2 aliphatic rings. The number of aliphatic hydroxyl groups excluding tert-OH is 1. The number of ether oxygens (including phenoxy) is 2. The zero-order chi connectivity index (χ0) is 20.1. The Hall–Kier alpha value is -3.29. The summed E-state index contributed by atoms with van der Waals surface area (Å²) < 4.78 is 13.9. The standard InChI is InChI=1S/C23H20N4O3/c28-11-17-6-8-20(29-17)27-13-26-21-22(27)24-12-25-23(21)30-16-5-7-19-15(10-16)9-14-3-1-2-4-18(14)19/h1-5,7,10,12-13,17,20,28H,6,8-9,11H2/t17-,20+/m0/s1. The normalized spacial score (nSPS) is 19.8. The predicted octanol–water partition coefficient (Wildman–Crippen LogP) is 3.86. The quantitative estimate of drug-likeness (QED) is 0.493. The molecule has 1 aliphatic heterocycles. The number of hydrogen-bond acceptors (Lipinski definition) is 6. The van der Waals surface area contributed by atoms with Gasteiger partial charge in [0.05, 0.1) is 19.0 Å². The van der Waals surface area contributed by atoms with E-state index in [9.17, 15) is 5.11 Å². The second-order valence-corrected chi connectivity index (χ2v) is 7.73. The van der Waals surface area contributed by atoms with Gasteiger partial charge in [0.2, 0.25) is 0 Å². The molecule has 0 bridgehead atoms. The van der Waals surface area contributed by atoms with Crippen molar-refractivity contribution >= 4 is 11.2 Å². The molecular weight excluding hydrogens is 380 g/mol. The van der Waals surface area contributed by atoms with Crippen molar-refractivity contribution in [3.05, 3.63) is 66.2 Å². The lowest BCUT2D eigenvalue weighted by Gasteiger charge is -2.14. The lowest BCUT2D eigenvalue weighted by molar-refractivity contribution is -0.0207. The zero-order valence-corrected chi connectivity index (χ0v) is 16.2. The third kappa shape index (κ3) is 2.78. The van der Waals surface area contributed by atoms with Crippen LogP contribution in [0.3, 0.4) is 0 Å². The van der Waals surface area contributed by atoms with Gasteiger partial charge in [-0.3, -0.25) is 4.57 Å². The first-order valence-corrected chi connectivity index (χ1v) is 10.1. The second-order valence-electron chi connectivity index (χ2n) is 7.73. The number of hydrogen-bond donors (Lipinski definition) is 1. The van der Waals surface area contributed by atoms with Crippen molar-refractivity contribution in [2.24, 2.45) is 0 Å². The molecule has 2 aromatic heterocycles. The highest BCUT2D eigenvalue weighted by molar-refractivity contribution is 5.78. The largest absolute Gasteiger partial charge is 0.437 e. The third-order valence-electron chi connectivity index (χ3n) is 5.90. The average Bonchev–Trinajstić information content (AvgIpc) is 3.49. The van der Waals surface area contributed by atoms with Crippen LogP contribution in [0.15, 0.2) is 55.1 Å². The fraction of sp³-hybridized carbons (Fsp3) is 0.261. The first kappa shape index (κ1) is 17.6. The maximum absolute atomic E-state index is 9.33. The van der Waals surface area contributed by atoms with Crippen LogP contribution in [0, 0.1) is 0 Å². The van der Waals surface area contributed by atoms with Gasteiger partial charge in [-0.25, -0.2) is 9.97 Å². The monoisotopic (exact) mass is 400 g/mol. The molecule has 1 aliphatic carbocycles. The number of nitrogens with zero attached hydrogens (tertiary/aromatic N) is 4. The van der Waals surface area contributed by atoms with Crippen LogP contribution in [0.2, 0.25) is 0 Å². The summed E-state index contributed by atoms with van der Waals surface area (Å²) in [6, 6.07) is 14.6. The molecule has 3 heterocycles. The van der Waals surface area contributed by atoms with Gasteiger partial charge < -0.3 is 14.6 Å². The second kappa shape index (κ2) is 6.90. The minimum atomic E-state index is -0.187. The summed E-state index contributed by atoms with van der Waals surface area (Å²) in [7, 11) is 0. The molecule has 4 aromatic rings. The van der Waals surface area contributed by atoms with E-state index >= 15 is 0 Å². The molecule has 30 heavy (non-hydrogen) atoms. The Morgan fingerprint density at radius 3 is 2.83 bits per heavy atom. The molecule has 6 rings (SSSR count). The Morgan fingerprint density at radius 1 is 1.03 bits per heavy atom. The van der Waals surface area contributed by atoms with Crippen molar-refractivity contribution in [3.63, 3.8) is 0 Å². The number of aromatic nitrogens is 4. The molecule has 0 amide bonds. The van der Waals surface area contributed by atoms with Crippen molar-refractivity contribution < 1.29 is 14.6 Å². The summed E-state index contributed by atoms with van der Waals surface area (Å²) in [6.07, 6.45) is 5.39. The van der Waals surface area contributed by atoms with Crippen molar-refractivity contribution in [3.8, 4) is 22.8 Å². The van der Waals surface area contributed by atoms with E-state index < -0.39 is 0 Å². The Morgan fingerprint density at radius 2 is 1.93 bits per heavy atom. The molecule has 0 spiro atoms. The summed E-state index contributed by atoms with van der Waals surface area (Å²) in [5.41, 5.74) is 6.39. The van der Waals surface area contributed by atoms with Gasteiger partial charge in [0.25, 0.3) is 5.88 Å². The maximum atomic E-state index is 9.33. The molecule has 0 saturated carbocycles. The molecule has 7 nitrogen and oxygen atoms in total. The van der Waals surface area contributed by atoms with Gasteiger partial charge >= 0.3 is 0 Å². The van der Waals surface area contributed by atoms with Crippen LogP contribution >= 0.6 is 0 Å². The lowest BCUT2D eigenvalue weighted by Crippen LogP contribution is -2.14. The van der Waals surface area contributed by atoms with Crippen LogP contribution in [0.1, 0.15) is 30.2 Å². The number of aliphatic hydroxyl groups is 1. The SMILES string of the molecule is OC[C@@H]1CC[C@H](n2cnc3c(Oc4ccc5c(c4)Cc4ccccc4-5)ncnc32)O1. The predicted molar refractivity (Wildman–Crippen MR) is 110 cm³/mol. The molecular formula is C23H20N4O3. The highest BCUT2D eigenvalue weighted by Gasteiger charge is 2.28. The van der Waals surface area contributed by atoms with E-state index in [1.165, 1.54) is 28.6 Å². The van der Waals surface area contributed by atoms with Gasteiger partial charge in [0.15, 0.2) is 11.2 Å². The molecule has 7 heteroatoms. The van der Waals surface area contributed by atoms with Crippen LogP contribution in [-0.4, -0.2) is 37.3 Å². The molecule has 1 fully saturated rings. The van der Waals surface area contributed by atoms with E-state index in [4.69, 9.17) is 9.47 Å². The van der Waals surface area contributed by atoms with Crippen LogP contribution in [0.25, 0.3) is 22.3 Å². The van der Waals surface area contributed by atoms with Crippen LogP contribution in [-0.2, 0) is 11.2 Å². The minimum absolute atomic E-state index is 0.0225. The van der Waals surface area contributed by atoms with Gasteiger partial charge in [-0.15, -0.1) is 0 Å². The van der Waals surface area contributed by atoms with Gasteiger partial charge in [-0.05, 0) is 53.6 Å². The maximum Gasteiger partial charge on any atom is 0.250 e. The number of imidazole rings is 1. The molecule has 1 saturated heterocycles. The third-order valence-corrected chi connectivity index (χ3v) is 5.90. The fourth-order valence-corrected chi connectivity index (χ4v) is 4.44.